The lowest BCUT2D eigenvalue weighted by atomic mass is 10.0. The first-order chi connectivity index (χ1) is 10.9. The largest absolute Gasteiger partial charge is 0.482 e. The molecule has 0 amide bonds. The molecule has 0 bridgehead atoms. The van der Waals surface area contributed by atoms with Crippen LogP contribution in [0.2, 0.25) is 5.02 Å². The Kier molecular flexibility index (Phi) is 5.67. The Bertz CT molecular complexity index is 708. The van der Waals surface area contributed by atoms with Crippen LogP contribution in [0.15, 0.2) is 36.4 Å². The van der Waals surface area contributed by atoms with Gasteiger partial charge >= 0.3 is 5.97 Å². The van der Waals surface area contributed by atoms with Gasteiger partial charge in [0.05, 0.1) is 0 Å². The molecule has 2 aromatic carbocycles. The van der Waals surface area contributed by atoms with Gasteiger partial charge in [0.15, 0.2) is 6.61 Å². The SMILES string of the molecule is Cc1ccc(C(C)C)c(OCC(=O)Oc2ccc(Cl)c(C)c2)c1. The van der Waals surface area contributed by atoms with Gasteiger partial charge in [-0.15, -0.1) is 0 Å². The lowest BCUT2D eigenvalue weighted by molar-refractivity contribution is -0.136. The lowest BCUT2D eigenvalue weighted by Gasteiger charge is -2.14. The fraction of sp³-hybridized carbons (Fsp3) is 0.316. The molecule has 0 N–H and O–H groups in total. The highest BCUT2D eigenvalue weighted by molar-refractivity contribution is 6.31. The lowest BCUT2D eigenvalue weighted by Crippen LogP contribution is -2.18. The first kappa shape index (κ1) is 17.4. The molecule has 0 saturated carbocycles. The molecule has 2 aromatic rings. The average molecular weight is 333 g/mol. The number of halogens is 1. The van der Waals surface area contributed by atoms with E-state index in [0.717, 1.165) is 22.4 Å². The van der Waals surface area contributed by atoms with Gasteiger partial charge in [-0.1, -0.05) is 37.6 Å². The van der Waals surface area contributed by atoms with Gasteiger partial charge in [-0.25, -0.2) is 4.79 Å². The zero-order valence-corrected chi connectivity index (χ0v) is 14.6. The Labute approximate surface area is 142 Å². The molecule has 0 radical (unpaired) electrons. The maximum Gasteiger partial charge on any atom is 0.349 e. The second-order valence-corrected chi connectivity index (χ2v) is 6.28. The van der Waals surface area contributed by atoms with Crippen LogP contribution in [0.3, 0.4) is 0 Å². The van der Waals surface area contributed by atoms with Crippen molar-refractivity contribution in [2.24, 2.45) is 0 Å². The van der Waals surface area contributed by atoms with E-state index in [4.69, 9.17) is 21.1 Å². The Morgan fingerprint density at radius 1 is 1.13 bits per heavy atom. The Morgan fingerprint density at radius 2 is 1.87 bits per heavy atom. The Morgan fingerprint density at radius 3 is 2.52 bits per heavy atom. The number of ether oxygens (including phenoxy) is 2. The van der Waals surface area contributed by atoms with Crippen LogP contribution in [0.4, 0.5) is 0 Å². The number of esters is 1. The maximum absolute atomic E-state index is 12.0. The molecule has 0 aliphatic rings. The van der Waals surface area contributed by atoms with Crippen molar-refractivity contribution >= 4 is 17.6 Å². The summed E-state index contributed by atoms with van der Waals surface area (Å²) in [7, 11) is 0. The predicted molar refractivity (Wildman–Crippen MR) is 92.6 cm³/mol. The topological polar surface area (TPSA) is 35.5 Å². The zero-order chi connectivity index (χ0) is 17.0. The van der Waals surface area contributed by atoms with Crippen molar-refractivity contribution in [3.05, 3.63) is 58.1 Å². The van der Waals surface area contributed by atoms with Crippen LogP contribution < -0.4 is 9.47 Å². The van der Waals surface area contributed by atoms with Crippen LogP contribution in [0, 0.1) is 13.8 Å². The monoisotopic (exact) mass is 332 g/mol. The van der Waals surface area contributed by atoms with Gasteiger partial charge in [-0.3, -0.25) is 0 Å². The molecule has 0 aromatic heterocycles. The van der Waals surface area contributed by atoms with E-state index in [0.29, 0.717) is 16.7 Å². The van der Waals surface area contributed by atoms with E-state index < -0.39 is 5.97 Å². The first-order valence-electron chi connectivity index (χ1n) is 7.57. The molecule has 3 nitrogen and oxygen atoms in total. The summed E-state index contributed by atoms with van der Waals surface area (Å²) in [4.78, 5) is 12.0. The van der Waals surface area contributed by atoms with Crippen molar-refractivity contribution in [2.75, 3.05) is 6.61 Å². The van der Waals surface area contributed by atoms with E-state index in [-0.39, 0.29) is 6.61 Å². The summed E-state index contributed by atoms with van der Waals surface area (Å²) >= 11 is 5.96. The fourth-order valence-corrected chi connectivity index (χ4v) is 2.34. The third-order valence-corrected chi connectivity index (χ3v) is 3.92. The molecule has 0 heterocycles. The van der Waals surface area contributed by atoms with Crippen molar-refractivity contribution < 1.29 is 14.3 Å². The number of hydrogen-bond donors (Lipinski definition) is 0. The fourth-order valence-electron chi connectivity index (χ4n) is 2.22. The van der Waals surface area contributed by atoms with E-state index in [2.05, 4.69) is 13.8 Å². The predicted octanol–water partition coefficient (Wildman–Crippen LogP) is 5.06. The molecule has 0 saturated heterocycles. The molecule has 0 aliphatic heterocycles. The molecule has 0 spiro atoms. The minimum atomic E-state index is -0.442. The third kappa shape index (κ3) is 4.73. The summed E-state index contributed by atoms with van der Waals surface area (Å²) in [6, 6.07) is 11.1. The quantitative estimate of drug-likeness (QED) is 0.566. The molecule has 0 aliphatic carbocycles. The van der Waals surface area contributed by atoms with Gasteiger partial charge in [0.2, 0.25) is 0 Å². The van der Waals surface area contributed by atoms with Crippen molar-refractivity contribution in [1.82, 2.24) is 0 Å². The second-order valence-electron chi connectivity index (χ2n) is 5.87. The second kappa shape index (κ2) is 7.51. The molecule has 23 heavy (non-hydrogen) atoms. The van der Waals surface area contributed by atoms with Crippen LogP contribution in [-0.4, -0.2) is 12.6 Å². The summed E-state index contributed by atoms with van der Waals surface area (Å²) in [5.74, 6) is 1.07. The summed E-state index contributed by atoms with van der Waals surface area (Å²) in [6.45, 7) is 7.90. The first-order valence-corrected chi connectivity index (χ1v) is 7.95. The van der Waals surface area contributed by atoms with Crippen molar-refractivity contribution in [3.8, 4) is 11.5 Å². The number of rotatable bonds is 5. The molecular formula is C19H21ClO3. The van der Waals surface area contributed by atoms with Crippen molar-refractivity contribution in [1.29, 1.82) is 0 Å². The zero-order valence-electron chi connectivity index (χ0n) is 13.9. The molecule has 4 heteroatoms. The van der Waals surface area contributed by atoms with Crippen LogP contribution in [-0.2, 0) is 4.79 Å². The number of carbonyl (C=O) groups excluding carboxylic acids is 1. The highest BCUT2D eigenvalue weighted by Gasteiger charge is 2.12. The van der Waals surface area contributed by atoms with E-state index >= 15 is 0 Å². The average Bonchev–Trinajstić information content (AvgIpc) is 2.48. The third-order valence-electron chi connectivity index (χ3n) is 3.50. The van der Waals surface area contributed by atoms with Crippen LogP contribution >= 0.6 is 11.6 Å². The summed E-state index contributed by atoms with van der Waals surface area (Å²) in [5.41, 5.74) is 3.02. The minimum Gasteiger partial charge on any atom is -0.482 e. The number of hydrogen-bond acceptors (Lipinski definition) is 3. The van der Waals surface area contributed by atoms with Gasteiger partial charge in [0.25, 0.3) is 0 Å². The summed E-state index contributed by atoms with van der Waals surface area (Å²) in [5, 5.41) is 0.641. The van der Waals surface area contributed by atoms with Crippen LogP contribution in [0.25, 0.3) is 0 Å². The smallest absolute Gasteiger partial charge is 0.349 e. The summed E-state index contributed by atoms with van der Waals surface area (Å²) < 4.78 is 10.9. The number of carbonyl (C=O) groups is 1. The highest BCUT2D eigenvalue weighted by atomic mass is 35.5. The number of benzene rings is 2. The summed E-state index contributed by atoms with van der Waals surface area (Å²) in [6.07, 6.45) is 0. The van der Waals surface area contributed by atoms with Gasteiger partial charge < -0.3 is 9.47 Å². The molecule has 0 unspecified atom stereocenters. The number of aryl methyl sites for hydroxylation is 2. The minimum absolute atomic E-state index is 0.134. The van der Waals surface area contributed by atoms with E-state index in [1.165, 1.54) is 0 Å². The highest BCUT2D eigenvalue weighted by Crippen LogP contribution is 2.27. The standard InChI is InChI=1S/C19H21ClO3/c1-12(2)16-7-5-13(3)9-18(16)22-11-19(21)23-15-6-8-17(20)14(4)10-15/h5-10,12H,11H2,1-4H3. The molecule has 122 valence electrons. The van der Waals surface area contributed by atoms with E-state index in [1.807, 2.05) is 32.0 Å². The van der Waals surface area contributed by atoms with Gasteiger partial charge in [0, 0.05) is 5.02 Å². The van der Waals surface area contributed by atoms with E-state index in [9.17, 15) is 4.79 Å². The molecule has 0 fully saturated rings. The van der Waals surface area contributed by atoms with E-state index in [1.54, 1.807) is 18.2 Å². The Balaban J connectivity index is 2.01. The normalized spacial score (nSPS) is 10.7. The van der Waals surface area contributed by atoms with Gasteiger partial charge in [0.1, 0.15) is 11.5 Å². The van der Waals surface area contributed by atoms with Gasteiger partial charge in [-0.05, 0) is 60.7 Å². The Hall–Kier alpha value is -2.00. The van der Waals surface area contributed by atoms with Crippen molar-refractivity contribution in [2.45, 2.75) is 33.6 Å². The van der Waals surface area contributed by atoms with Crippen molar-refractivity contribution in [3.63, 3.8) is 0 Å². The molecule has 2 rings (SSSR count). The molecular weight excluding hydrogens is 312 g/mol. The van der Waals surface area contributed by atoms with Crippen LogP contribution in [0.1, 0.15) is 36.5 Å². The maximum atomic E-state index is 12.0. The van der Waals surface area contributed by atoms with Gasteiger partial charge in [-0.2, -0.15) is 0 Å². The van der Waals surface area contributed by atoms with Crippen LogP contribution in [0.5, 0.6) is 11.5 Å². The molecule has 0 atom stereocenters.